The molecule has 2 heterocycles. The number of carbonyl (C=O) groups is 2. The highest BCUT2D eigenvalue weighted by Crippen LogP contribution is 2.43. The number of amides is 1. The zero-order valence-corrected chi connectivity index (χ0v) is 12.4. The molecule has 1 aromatic heterocycles. The summed E-state index contributed by atoms with van der Waals surface area (Å²) in [5.74, 6) is -1.28. The van der Waals surface area contributed by atoms with E-state index in [-0.39, 0.29) is 24.0 Å². The van der Waals surface area contributed by atoms with E-state index in [0.717, 1.165) is 18.4 Å². The summed E-state index contributed by atoms with van der Waals surface area (Å²) in [5.41, 5.74) is 0.844. The smallest absolute Gasteiger partial charge is 0.308 e. The van der Waals surface area contributed by atoms with E-state index in [4.69, 9.17) is 0 Å². The van der Waals surface area contributed by atoms with Crippen LogP contribution in [0.25, 0.3) is 0 Å². The van der Waals surface area contributed by atoms with Gasteiger partial charge in [-0.2, -0.15) is 5.10 Å². The van der Waals surface area contributed by atoms with Gasteiger partial charge in [0.15, 0.2) is 0 Å². The van der Waals surface area contributed by atoms with Crippen molar-refractivity contribution in [2.45, 2.75) is 57.7 Å². The highest BCUT2D eigenvalue weighted by atomic mass is 16.4. The highest BCUT2D eigenvalue weighted by Gasteiger charge is 2.47. The second kappa shape index (κ2) is 5.16. The Kier molecular flexibility index (Phi) is 3.47. The Labute approximate surface area is 123 Å². The van der Waals surface area contributed by atoms with E-state index in [9.17, 15) is 14.7 Å². The number of aliphatic carboxylic acids is 1. The topological polar surface area (TPSA) is 75.4 Å². The SMILES string of the molecule is CC(C)n1cc(C2C(C(=O)O)CCC(=O)N2C2CC2)cn1. The van der Waals surface area contributed by atoms with Gasteiger partial charge in [0.05, 0.1) is 18.2 Å². The molecule has 2 aliphatic rings. The summed E-state index contributed by atoms with van der Waals surface area (Å²) < 4.78 is 1.82. The molecule has 0 spiro atoms. The van der Waals surface area contributed by atoms with Crippen molar-refractivity contribution in [2.24, 2.45) is 5.92 Å². The maximum absolute atomic E-state index is 12.3. The molecule has 0 radical (unpaired) electrons. The first-order valence-corrected chi connectivity index (χ1v) is 7.57. The molecule has 1 aliphatic carbocycles. The van der Waals surface area contributed by atoms with Crippen LogP contribution >= 0.6 is 0 Å². The lowest BCUT2D eigenvalue weighted by atomic mass is 9.85. The van der Waals surface area contributed by atoms with Crippen LogP contribution in [0.4, 0.5) is 0 Å². The second-order valence-corrected chi connectivity index (χ2v) is 6.31. The molecule has 21 heavy (non-hydrogen) atoms. The van der Waals surface area contributed by atoms with E-state index in [2.05, 4.69) is 5.10 Å². The van der Waals surface area contributed by atoms with Crippen molar-refractivity contribution < 1.29 is 14.7 Å². The van der Waals surface area contributed by atoms with Crippen LogP contribution in [-0.2, 0) is 9.59 Å². The van der Waals surface area contributed by atoms with Crippen molar-refractivity contribution in [2.75, 3.05) is 0 Å². The summed E-state index contributed by atoms with van der Waals surface area (Å²) in [7, 11) is 0. The van der Waals surface area contributed by atoms with Crippen molar-refractivity contribution in [3.05, 3.63) is 18.0 Å². The summed E-state index contributed by atoms with van der Waals surface area (Å²) in [6.07, 6.45) is 6.31. The van der Waals surface area contributed by atoms with Crippen LogP contribution in [0.2, 0.25) is 0 Å². The van der Waals surface area contributed by atoms with E-state index in [1.807, 2.05) is 29.6 Å². The maximum atomic E-state index is 12.3. The zero-order chi connectivity index (χ0) is 15.1. The van der Waals surface area contributed by atoms with Gasteiger partial charge in [-0.25, -0.2) is 0 Å². The Morgan fingerprint density at radius 1 is 1.38 bits per heavy atom. The number of aromatic nitrogens is 2. The lowest BCUT2D eigenvalue weighted by Crippen LogP contribution is -2.46. The van der Waals surface area contributed by atoms with Crippen molar-refractivity contribution in [1.29, 1.82) is 0 Å². The molecule has 6 heteroatoms. The van der Waals surface area contributed by atoms with Crippen LogP contribution in [0.15, 0.2) is 12.4 Å². The molecule has 1 aliphatic heterocycles. The van der Waals surface area contributed by atoms with E-state index in [0.29, 0.717) is 12.8 Å². The molecule has 1 saturated heterocycles. The predicted molar refractivity (Wildman–Crippen MR) is 75.6 cm³/mol. The number of likely N-dealkylation sites (tertiary alicyclic amines) is 1. The van der Waals surface area contributed by atoms with Crippen LogP contribution in [0.3, 0.4) is 0 Å². The second-order valence-electron chi connectivity index (χ2n) is 6.31. The molecule has 1 amide bonds. The number of carboxylic acid groups (broad SMARTS) is 1. The first kappa shape index (κ1) is 14.1. The van der Waals surface area contributed by atoms with Crippen LogP contribution in [0, 0.1) is 5.92 Å². The van der Waals surface area contributed by atoms with Crippen LogP contribution in [0.1, 0.15) is 57.2 Å². The number of hydrogen-bond donors (Lipinski definition) is 1. The molecule has 2 atom stereocenters. The summed E-state index contributed by atoms with van der Waals surface area (Å²) in [4.78, 5) is 25.7. The Morgan fingerprint density at radius 2 is 2.10 bits per heavy atom. The Bertz CT molecular complexity index is 562. The fourth-order valence-electron chi connectivity index (χ4n) is 3.14. The highest BCUT2D eigenvalue weighted by molar-refractivity contribution is 5.82. The Balaban J connectivity index is 1.97. The fraction of sp³-hybridized carbons (Fsp3) is 0.667. The van der Waals surface area contributed by atoms with Crippen LogP contribution < -0.4 is 0 Å². The normalized spacial score (nSPS) is 26.4. The number of hydrogen-bond acceptors (Lipinski definition) is 3. The molecule has 3 rings (SSSR count). The quantitative estimate of drug-likeness (QED) is 0.920. The van der Waals surface area contributed by atoms with E-state index in [1.165, 1.54) is 0 Å². The molecule has 1 saturated carbocycles. The number of carbonyl (C=O) groups excluding carboxylic acids is 1. The Morgan fingerprint density at radius 3 is 2.62 bits per heavy atom. The molecule has 114 valence electrons. The van der Waals surface area contributed by atoms with Gasteiger partial charge in [-0.1, -0.05) is 0 Å². The zero-order valence-electron chi connectivity index (χ0n) is 12.4. The van der Waals surface area contributed by atoms with E-state index >= 15 is 0 Å². The molecule has 0 aromatic carbocycles. The molecule has 1 N–H and O–H groups in total. The van der Waals surface area contributed by atoms with Gasteiger partial charge >= 0.3 is 5.97 Å². The van der Waals surface area contributed by atoms with Crippen molar-refractivity contribution in [3.8, 4) is 0 Å². The average molecular weight is 291 g/mol. The van der Waals surface area contributed by atoms with E-state index in [1.54, 1.807) is 6.20 Å². The standard InChI is InChI=1S/C15H21N3O3/c1-9(2)17-8-10(7-16-17)14-12(15(20)21)5-6-13(19)18(14)11-3-4-11/h7-9,11-12,14H,3-6H2,1-2H3,(H,20,21). The van der Waals surface area contributed by atoms with Gasteiger partial charge < -0.3 is 10.0 Å². The third-order valence-corrected chi connectivity index (χ3v) is 4.39. The average Bonchev–Trinajstić information content (AvgIpc) is 3.13. The number of carboxylic acids is 1. The first-order chi connectivity index (χ1) is 9.99. The summed E-state index contributed by atoms with van der Waals surface area (Å²) in [5, 5.41) is 13.8. The summed E-state index contributed by atoms with van der Waals surface area (Å²) in [6, 6.07) is 0.0616. The van der Waals surface area contributed by atoms with Gasteiger partial charge in [0.1, 0.15) is 0 Å². The van der Waals surface area contributed by atoms with Gasteiger partial charge in [0, 0.05) is 30.3 Å². The first-order valence-electron chi connectivity index (χ1n) is 7.57. The minimum Gasteiger partial charge on any atom is -0.481 e. The third-order valence-electron chi connectivity index (χ3n) is 4.39. The van der Waals surface area contributed by atoms with Crippen LogP contribution in [0.5, 0.6) is 0 Å². The molecule has 6 nitrogen and oxygen atoms in total. The Hall–Kier alpha value is -1.85. The molecule has 2 fully saturated rings. The molecule has 1 aromatic rings. The minimum atomic E-state index is -0.824. The molecular formula is C15H21N3O3. The van der Waals surface area contributed by atoms with Gasteiger partial charge in [-0.05, 0) is 33.1 Å². The van der Waals surface area contributed by atoms with Crippen LogP contribution in [-0.4, -0.2) is 37.7 Å². The number of rotatable bonds is 4. The summed E-state index contributed by atoms with van der Waals surface area (Å²) >= 11 is 0. The van der Waals surface area contributed by atoms with Gasteiger partial charge in [-0.15, -0.1) is 0 Å². The van der Waals surface area contributed by atoms with E-state index < -0.39 is 11.9 Å². The lowest BCUT2D eigenvalue weighted by molar-refractivity contribution is -0.152. The van der Waals surface area contributed by atoms with Gasteiger partial charge in [0.25, 0.3) is 0 Å². The van der Waals surface area contributed by atoms with Crippen molar-refractivity contribution in [1.82, 2.24) is 14.7 Å². The monoisotopic (exact) mass is 291 g/mol. The lowest BCUT2D eigenvalue weighted by Gasteiger charge is -2.39. The van der Waals surface area contributed by atoms with Crippen molar-refractivity contribution >= 4 is 11.9 Å². The molecular weight excluding hydrogens is 270 g/mol. The number of piperidine rings is 1. The third kappa shape index (κ3) is 2.54. The van der Waals surface area contributed by atoms with Crippen molar-refractivity contribution in [3.63, 3.8) is 0 Å². The minimum absolute atomic E-state index is 0.0808. The molecule has 0 bridgehead atoms. The van der Waals surface area contributed by atoms with Gasteiger partial charge in [-0.3, -0.25) is 14.3 Å². The molecule has 2 unspecified atom stereocenters. The largest absolute Gasteiger partial charge is 0.481 e. The fourth-order valence-corrected chi connectivity index (χ4v) is 3.14. The summed E-state index contributed by atoms with van der Waals surface area (Å²) in [6.45, 7) is 4.05. The predicted octanol–water partition coefficient (Wildman–Crippen LogP) is 1.99. The maximum Gasteiger partial charge on any atom is 0.308 e. The van der Waals surface area contributed by atoms with Gasteiger partial charge in [0.2, 0.25) is 5.91 Å². The number of nitrogens with zero attached hydrogens (tertiary/aromatic N) is 3.